The first kappa shape index (κ1) is 12.7. The number of aliphatic hydroxyl groups is 1. The van der Waals surface area contributed by atoms with Crippen LogP contribution in [0.5, 0.6) is 0 Å². The van der Waals surface area contributed by atoms with Gasteiger partial charge in [0.2, 0.25) is 5.91 Å². The summed E-state index contributed by atoms with van der Waals surface area (Å²) >= 11 is 0. The summed E-state index contributed by atoms with van der Waals surface area (Å²) in [6.07, 6.45) is 2.70. The Morgan fingerprint density at radius 3 is 2.89 bits per heavy atom. The van der Waals surface area contributed by atoms with Crippen LogP contribution in [0.4, 0.5) is 5.69 Å². The Morgan fingerprint density at radius 2 is 2.22 bits per heavy atom. The molecule has 94 valence electrons. The Hall–Kier alpha value is -1.79. The van der Waals surface area contributed by atoms with E-state index >= 15 is 0 Å². The summed E-state index contributed by atoms with van der Waals surface area (Å²) in [6.45, 7) is 2.64. The maximum atomic E-state index is 11.8. The summed E-state index contributed by atoms with van der Waals surface area (Å²) in [4.78, 5) is 13.7. The van der Waals surface area contributed by atoms with Crippen LogP contribution < -0.4 is 4.90 Å². The molecule has 0 bridgehead atoms. The van der Waals surface area contributed by atoms with E-state index in [9.17, 15) is 4.79 Å². The van der Waals surface area contributed by atoms with E-state index < -0.39 is 0 Å². The zero-order chi connectivity index (χ0) is 13.0. The number of carbonyl (C=O) groups is 1. The molecule has 0 radical (unpaired) electrons. The van der Waals surface area contributed by atoms with Crippen molar-refractivity contribution in [2.45, 2.75) is 26.2 Å². The van der Waals surface area contributed by atoms with Crippen LogP contribution in [0.1, 0.15) is 30.4 Å². The molecule has 1 aliphatic rings. The monoisotopic (exact) mass is 243 g/mol. The van der Waals surface area contributed by atoms with Crippen LogP contribution in [-0.2, 0) is 4.79 Å². The van der Waals surface area contributed by atoms with Gasteiger partial charge in [-0.2, -0.15) is 0 Å². The molecule has 3 heteroatoms. The Morgan fingerprint density at radius 1 is 1.39 bits per heavy atom. The van der Waals surface area contributed by atoms with Crippen LogP contribution in [0.3, 0.4) is 0 Å². The van der Waals surface area contributed by atoms with E-state index in [0.29, 0.717) is 6.42 Å². The normalized spacial score (nSPS) is 15.2. The molecule has 2 rings (SSSR count). The van der Waals surface area contributed by atoms with Crippen molar-refractivity contribution in [2.24, 2.45) is 0 Å². The number of aryl methyl sites for hydroxylation is 1. The second kappa shape index (κ2) is 5.70. The SMILES string of the molecule is Cc1cc(N2CCCCC2=O)ccc1C#CCO. The smallest absolute Gasteiger partial charge is 0.226 e. The number of anilines is 1. The van der Waals surface area contributed by atoms with Gasteiger partial charge in [-0.15, -0.1) is 0 Å². The third-order valence-electron chi connectivity index (χ3n) is 3.15. The summed E-state index contributed by atoms with van der Waals surface area (Å²) in [5.41, 5.74) is 2.89. The first-order valence-corrected chi connectivity index (χ1v) is 6.23. The van der Waals surface area contributed by atoms with Crippen molar-refractivity contribution >= 4 is 11.6 Å². The maximum Gasteiger partial charge on any atom is 0.226 e. The van der Waals surface area contributed by atoms with E-state index in [1.54, 1.807) is 0 Å². The third kappa shape index (κ3) is 2.72. The number of piperidine rings is 1. The predicted octanol–water partition coefficient (Wildman–Crippen LogP) is 1.86. The van der Waals surface area contributed by atoms with E-state index in [4.69, 9.17) is 5.11 Å². The lowest BCUT2D eigenvalue weighted by atomic mass is 10.1. The van der Waals surface area contributed by atoms with Crippen molar-refractivity contribution in [3.05, 3.63) is 29.3 Å². The van der Waals surface area contributed by atoms with E-state index in [-0.39, 0.29) is 12.5 Å². The van der Waals surface area contributed by atoms with E-state index in [1.807, 2.05) is 30.0 Å². The maximum absolute atomic E-state index is 11.8. The van der Waals surface area contributed by atoms with E-state index in [0.717, 1.165) is 36.2 Å². The molecule has 1 aliphatic heterocycles. The lowest BCUT2D eigenvalue weighted by Gasteiger charge is -2.27. The Kier molecular flexibility index (Phi) is 4.01. The van der Waals surface area contributed by atoms with Gasteiger partial charge in [-0.05, 0) is 43.5 Å². The lowest BCUT2D eigenvalue weighted by molar-refractivity contribution is -0.119. The minimum Gasteiger partial charge on any atom is -0.384 e. The van der Waals surface area contributed by atoms with Gasteiger partial charge in [-0.1, -0.05) is 11.8 Å². The Labute approximate surface area is 107 Å². The zero-order valence-electron chi connectivity index (χ0n) is 10.6. The molecule has 1 N–H and O–H groups in total. The summed E-state index contributed by atoms with van der Waals surface area (Å²) in [6, 6.07) is 5.83. The molecule has 1 aromatic rings. The highest BCUT2D eigenvalue weighted by atomic mass is 16.2. The number of amides is 1. The van der Waals surface area contributed by atoms with Crippen LogP contribution in [0.25, 0.3) is 0 Å². The van der Waals surface area contributed by atoms with Crippen LogP contribution >= 0.6 is 0 Å². The van der Waals surface area contributed by atoms with Gasteiger partial charge >= 0.3 is 0 Å². The molecule has 0 aliphatic carbocycles. The molecule has 1 heterocycles. The number of nitrogens with zero attached hydrogens (tertiary/aromatic N) is 1. The third-order valence-corrected chi connectivity index (χ3v) is 3.15. The fraction of sp³-hybridized carbons (Fsp3) is 0.400. The highest BCUT2D eigenvalue weighted by molar-refractivity contribution is 5.94. The van der Waals surface area contributed by atoms with Crippen LogP contribution in [-0.4, -0.2) is 24.2 Å². The van der Waals surface area contributed by atoms with Crippen molar-refractivity contribution in [3.63, 3.8) is 0 Å². The summed E-state index contributed by atoms with van der Waals surface area (Å²) in [5.74, 6) is 5.74. The second-order valence-corrected chi connectivity index (χ2v) is 4.46. The molecule has 1 saturated heterocycles. The molecule has 1 aromatic carbocycles. The number of carbonyl (C=O) groups excluding carboxylic acids is 1. The van der Waals surface area contributed by atoms with Gasteiger partial charge < -0.3 is 10.0 Å². The molecule has 0 aromatic heterocycles. The molecular weight excluding hydrogens is 226 g/mol. The molecular formula is C15H17NO2. The Bertz CT molecular complexity index is 511. The van der Waals surface area contributed by atoms with Crippen molar-refractivity contribution in [1.82, 2.24) is 0 Å². The summed E-state index contributed by atoms with van der Waals surface area (Å²) < 4.78 is 0. The van der Waals surface area contributed by atoms with Crippen molar-refractivity contribution in [2.75, 3.05) is 18.1 Å². The van der Waals surface area contributed by atoms with E-state index in [1.165, 1.54) is 0 Å². The van der Waals surface area contributed by atoms with Crippen molar-refractivity contribution < 1.29 is 9.90 Å². The number of benzene rings is 1. The lowest BCUT2D eigenvalue weighted by Crippen LogP contribution is -2.35. The number of rotatable bonds is 1. The minimum atomic E-state index is -0.133. The van der Waals surface area contributed by atoms with Crippen LogP contribution in [0.15, 0.2) is 18.2 Å². The fourth-order valence-corrected chi connectivity index (χ4v) is 2.17. The Balaban J connectivity index is 2.25. The number of hydrogen-bond donors (Lipinski definition) is 1. The van der Waals surface area contributed by atoms with Gasteiger partial charge in [-0.3, -0.25) is 4.79 Å². The van der Waals surface area contributed by atoms with Gasteiger partial charge in [-0.25, -0.2) is 0 Å². The fourth-order valence-electron chi connectivity index (χ4n) is 2.17. The largest absolute Gasteiger partial charge is 0.384 e. The molecule has 3 nitrogen and oxygen atoms in total. The second-order valence-electron chi connectivity index (χ2n) is 4.46. The van der Waals surface area contributed by atoms with Gasteiger partial charge in [0, 0.05) is 24.2 Å². The molecule has 0 unspecified atom stereocenters. The topological polar surface area (TPSA) is 40.5 Å². The first-order valence-electron chi connectivity index (χ1n) is 6.23. The van der Waals surface area contributed by atoms with Crippen LogP contribution in [0.2, 0.25) is 0 Å². The molecule has 1 fully saturated rings. The molecule has 0 spiro atoms. The quantitative estimate of drug-likeness (QED) is 0.765. The highest BCUT2D eigenvalue weighted by Gasteiger charge is 2.19. The summed E-state index contributed by atoms with van der Waals surface area (Å²) in [5, 5.41) is 8.69. The number of hydrogen-bond acceptors (Lipinski definition) is 2. The predicted molar refractivity (Wildman–Crippen MR) is 71.3 cm³/mol. The van der Waals surface area contributed by atoms with Crippen molar-refractivity contribution in [3.8, 4) is 11.8 Å². The van der Waals surface area contributed by atoms with Gasteiger partial charge in [0.25, 0.3) is 0 Å². The average Bonchev–Trinajstić information content (AvgIpc) is 2.38. The molecule has 0 saturated carbocycles. The highest BCUT2D eigenvalue weighted by Crippen LogP contribution is 2.23. The number of aliphatic hydroxyl groups excluding tert-OH is 1. The zero-order valence-corrected chi connectivity index (χ0v) is 10.6. The van der Waals surface area contributed by atoms with E-state index in [2.05, 4.69) is 11.8 Å². The van der Waals surface area contributed by atoms with Gasteiger partial charge in [0.15, 0.2) is 0 Å². The molecule has 1 amide bonds. The van der Waals surface area contributed by atoms with Crippen LogP contribution in [0, 0.1) is 18.8 Å². The van der Waals surface area contributed by atoms with Crippen molar-refractivity contribution in [1.29, 1.82) is 0 Å². The standard InChI is InChI=1S/C15H17NO2/c1-12-11-14(8-7-13(12)5-4-10-17)16-9-3-2-6-15(16)18/h7-8,11,17H,2-3,6,9-10H2,1H3. The summed E-state index contributed by atoms with van der Waals surface area (Å²) in [7, 11) is 0. The minimum absolute atomic E-state index is 0.133. The molecule has 0 atom stereocenters. The van der Waals surface area contributed by atoms with Gasteiger partial charge in [0.1, 0.15) is 6.61 Å². The van der Waals surface area contributed by atoms with Gasteiger partial charge in [0.05, 0.1) is 0 Å². The average molecular weight is 243 g/mol. The molecule has 18 heavy (non-hydrogen) atoms. The first-order chi connectivity index (χ1) is 8.72.